The van der Waals surface area contributed by atoms with E-state index in [1.807, 2.05) is 51.1 Å². The Morgan fingerprint density at radius 1 is 0.958 bits per heavy atom. The molecule has 0 bridgehead atoms. The van der Waals surface area contributed by atoms with Crippen molar-refractivity contribution in [3.8, 4) is 0 Å². The van der Waals surface area contributed by atoms with Gasteiger partial charge in [-0.05, 0) is 50.1 Å². The Balaban J connectivity index is 1.94. The van der Waals surface area contributed by atoms with Crippen LogP contribution >= 0.6 is 0 Å². The first kappa shape index (κ1) is 17.7. The molecule has 2 N–H and O–H groups in total. The molecule has 0 aliphatic rings. The van der Waals surface area contributed by atoms with Crippen molar-refractivity contribution in [3.05, 3.63) is 65.7 Å². The molecule has 0 aromatic heterocycles. The van der Waals surface area contributed by atoms with Gasteiger partial charge in [0.25, 0.3) is 5.91 Å². The van der Waals surface area contributed by atoms with E-state index in [0.29, 0.717) is 17.7 Å². The smallest absolute Gasteiger partial charge is 0.251 e. The Kier molecular flexibility index (Phi) is 5.74. The van der Waals surface area contributed by atoms with Crippen molar-refractivity contribution in [3.63, 3.8) is 0 Å². The monoisotopic (exact) mass is 324 g/mol. The van der Waals surface area contributed by atoms with Crippen LogP contribution in [0.2, 0.25) is 0 Å². The zero-order chi connectivity index (χ0) is 17.6. The number of amides is 2. The molecule has 0 spiro atoms. The zero-order valence-electron chi connectivity index (χ0n) is 14.4. The summed E-state index contributed by atoms with van der Waals surface area (Å²) in [4.78, 5) is 24.2. The molecule has 4 heteroatoms. The van der Waals surface area contributed by atoms with Crippen molar-refractivity contribution in [2.24, 2.45) is 0 Å². The van der Waals surface area contributed by atoms with Gasteiger partial charge in [-0.2, -0.15) is 0 Å². The minimum atomic E-state index is -0.236. The van der Waals surface area contributed by atoms with E-state index < -0.39 is 0 Å². The molecule has 4 nitrogen and oxygen atoms in total. The minimum Gasteiger partial charge on any atom is -0.347 e. The maximum atomic E-state index is 12.2. The first-order valence-corrected chi connectivity index (χ1v) is 8.16. The lowest BCUT2D eigenvalue weighted by molar-refractivity contribution is -0.115. The molecule has 0 unspecified atom stereocenters. The Morgan fingerprint density at radius 3 is 2.17 bits per heavy atom. The molecule has 0 heterocycles. The summed E-state index contributed by atoms with van der Waals surface area (Å²) in [5.41, 5.74) is 1.99. The molecule has 0 aliphatic heterocycles. The molecule has 24 heavy (non-hydrogen) atoms. The summed E-state index contributed by atoms with van der Waals surface area (Å²) in [7, 11) is 0. The van der Waals surface area contributed by atoms with E-state index in [-0.39, 0.29) is 17.4 Å². The van der Waals surface area contributed by atoms with Gasteiger partial charge in [-0.15, -0.1) is 0 Å². The molecular formula is C20H24N2O2. The number of carbonyl (C=O) groups excluding carboxylic acids is 2. The Bertz CT molecular complexity index is 691. The number of hydrogen-bond acceptors (Lipinski definition) is 2. The quantitative estimate of drug-likeness (QED) is 0.849. The predicted molar refractivity (Wildman–Crippen MR) is 97.1 cm³/mol. The third kappa shape index (κ3) is 5.23. The molecule has 0 fully saturated rings. The van der Waals surface area contributed by atoms with Crippen molar-refractivity contribution in [2.45, 2.75) is 39.2 Å². The highest BCUT2D eigenvalue weighted by Crippen LogP contribution is 2.13. The average Bonchev–Trinajstić information content (AvgIpc) is 2.56. The second-order valence-corrected chi connectivity index (χ2v) is 6.48. The van der Waals surface area contributed by atoms with E-state index in [1.165, 1.54) is 0 Å². The van der Waals surface area contributed by atoms with E-state index in [1.54, 1.807) is 24.3 Å². The van der Waals surface area contributed by atoms with Crippen LogP contribution in [0.15, 0.2) is 54.6 Å². The fourth-order valence-corrected chi connectivity index (χ4v) is 2.16. The number of nitrogens with one attached hydrogen (secondary N) is 2. The van der Waals surface area contributed by atoms with Crippen LogP contribution in [0.25, 0.3) is 0 Å². The van der Waals surface area contributed by atoms with E-state index in [9.17, 15) is 9.59 Å². The number of benzene rings is 2. The lowest BCUT2D eigenvalue weighted by Gasteiger charge is -2.24. The van der Waals surface area contributed by atoms with Gasteiger partial charge in [0.05, 0.1) is 6.42 Å². The van der Waals surface area contributed by atoms with Gasteiger partial charge in [-0.3, -0.25) is 9.59 Å². The summed E-state index contributed by atoms with van der Waals surface area (Å²) in [5.74, 6) is -0.186. The van der Waals surface area contributed by atoms with Crippen molar-refractivity contribution < 1.29 is 9.59 Å². The predicted octanol–water partition coefficient (Wildman–Crippen LogP) is 3.79. The first-order chi connectivity index (χ1) is 11.4. The van der Waals surface area contributed by atoms with Gasteiger partial charge in [-0.25, -0.2) is 0 Å². The first-order valence-electron chi connectivity index (χ1n) is 8.16. The maximum absolute atomic E-state index is 12.2. The molecule has 2 aromatic rings. The summed E-state index contributed by atoms with van der Waals surface area (Å²) in [6.45, 7) is 6.01. The summed E-state index contributed by atoms with van der Waals surface area (Å²) in [6, 6.07) is 16.5. The molecule has 2 amide bonds. The van der Waals surface area contributed by atoms with Crippen molar-refractivity contribution in [1.82, 2.24) is 5.32 Å². The third-order valence-corrected chi connectivity index (χ3v) is 3.97. The van der Waals surface area contributed by atoms with Gasteiger partial charge in [0.2, 0.25) is 5.91 Å². The van der Waals surface area contributed by atoms with Crippen LogP contribution in [-0.2, 0) is 11.2 Å². The van der Waals surface area contributed by atoms with Crippen LogP contribution in [0.4, 0.5) is 5.69 Å². The molecule has 126 valence electrons. The van der Waals surface area contributed by atoms with Gasteiger partial charge in [-0.1, -0.05) is 37.3 Å². The lowest BCUT2D eigenvalue weighted by Crippen LogP contribution is -2.42. The molecule has 0 aliphatic carbocycles. The molecule has 0 atom stereocenters. The van der Waals surface area contributed by atoms with Gasteiger partial charge in [0.15, 0.2) is 0 Å². The zero-order valence-corrected chi connectivity index (χ0v) is 14.4. The van der Waals surface area contributed by atoms with Gasteiger partial charge in [0.1, 0.15) is 0 Å². The van der Waals surface area contributed by atoms with E-state index in [0.717, 1.165) is 12.0 Å². The fourth-order valence-electron chi connectivity index (χ4n) is 2.16. The van der Waals surface area contributed by atoms with Gasteiger partial charge >= 0.3 is 0 Å². The van der Waals surface area contributed by atoms with E-state index in [4.69, 9.17) is 0 Å². The fraction of sp³-hybridized carbons (Fsp3) is 0.300. The highest BCUT2D eigenvalue weighted by Gasteiger charge is 2.18. The maximum Gasteiger partial charge on any atom is 0.251 e. The number of rotatable bonds is 6. The highest BCUT2D eigenvalue weighted by molar-refractivity contribution is 5.96. The van der Waals surface area contributed by atoms with E-state index in [2.05, 4.69) is 10.6 Å². The van der Waals surface area contributed by atoms with Crippen LogP contribution in [0.1, 0.15) is 43.1 Å². The topological polar surface area (TPSA) is 58.2 Å². The molecule has 0 saturated heterocycles. The molecule has 2 rings (SSSR count). The molecule has 0 radical (unpaired) electrons. The second-order valence-electron chi connectivity index (χ2n) is 6.48. The van der Waals surface area contributed by atoms with Crippen LogP contribution < -0.4 is 10.6 Å². The molecule has 2 aromatic carbocycles. The van der Waals surface area contributed by atoms with Crippen molar-refractivity contribution in [2.75, 3.05) is 5.32 Å². The average molecular weight is 324 g/mol. The van der Waals surface area contributed by atoms with Gasteiger partial charge < -0.3 is 10.6 Å². The molecular weight excluding hydrogens is 300 g/mol. The third-order valence-electron chi connectivity index (χ3n) is 3.97. The van der Waals surface area contributed by atoms with Crippen LogP contribution in [-0.4, -0.2) is 17.4 Å². The SMILES string of the molecule is CCC(C)(C)NC(=O)c1ccc(NC(=O)Cc2ccccc2)cc1. The van der Waals surface area contributed by atoms with Crippen LogP contribution in [0.3, 0.4) is 0 Å². The van der Waals surface area contributed by atoms with Crippen LogP contribution in [0, 0.1) is 0 Å². The normalized spacial score (nSPS) is 11.0. The van der Waals surface area contributed by atoms with E-state index >= 15 is 0 Å². The highest BCUT2D eigenvalue weighted by atomic mass is 16.2. The summed E-state index contributed by atoms with van der Waals surface area (Å²) in [6.07, 6.45) is 1.18. The standard InChI is InChI=1S/C20H24N2O2/c1-4-20(2,3)22-19(24)16-10-12-17(13-11-16)21-18(23)14-15-8-6-5-7-9-15/h5-13H,4,14H2,1-3H3,(H,21,23)(H,22,24). The summed E-state index contributed by atoms with van der Waals surface area (Å²) < 4.78 is 0. The summed E-state index contributed by atoms with van der Waals surface area (Å²) >= 11 is 0. The molecule has 0 saturated carbocycles. The Labute approximate surface area is 143 Å². The van der Waals surface area contributed by atoms with Gasteiger partial charge in [0, 0.05) is 16.8 Å². The minimum absolute atomic E-state index is 0.0782. The summed E-state index contributed by atoms with van der Waals surface area (Å²) in [5, 5.41) is 5.83. The lowest BCUT2D eigenvalue weighted by atomic mass is 10.0. The largest absolute Gasteiger partial charge is 0.347 e. The number of anilines is 1. The van der Waals surface area contributed by atoms with Crippen molar-refractivity contribution >= 4 is 17.5 Å². The Hall–Kier alpha value is -2.62. The van der Waals surface area contributed by atoms with Crippen molar-refractivity contribution in [1.29, 1.82) is 0 Å². The Morgan fingerprint density at radius 2 is 1.58 bits per heavy atom. The second kappa shape index (κ2) is 7.77. The van der Waals surface area contributed by atoms with Crippen LogP contribution in [0.5, 0.6) is 0 Å². The number of carbonyl (C=O) groups is 2. The number of hydrogen-bond donors (Lipinski definition) is 2.